The predicted octanol–water partition coefficient (Wildman–Crippen LogP) is 1.21. The van der Waals surface area contributed by atoms with Crippen molar-refractivity contribution in [3.63, 3.8) is 0 Å². The summed E-state index contributed by atoms with van der Waals surface area (Å²) in [6.45, 7) is 2.81. The molecule has 0 aliphatic heterocycles. The molecule has 0 aliphatic carbocycles. The maximum atomic E-state index is 5.52. The first-order valence-electron chi connectivity index (χ1n) is 3.94. The summed E-state index contributed by atoms with van der Waals surface area (Å²) in [6, 6.07) is 0. The van der Waals surface area contributed by atoms with Crippen molar-refractivity contribution in [2.24, 2.45) is 5.73 Å². The molecule has 0 saturated carbocycles. The van der Waals surface area contributed by atoms with Gasteiger partial charge in [0.25, 0.3) is 0 Å². The number of thiazole rings is 1. The van der Waals surface area contributed by atoms with Gasteiger partial charge in [-0.1, -0.05) is 0 Å². The van der Waals surface area contributed by atoms with E-state index in [4.69, 9.17) is 5.73 Å². The van der Waals surface area contributed by atoms with Crippen molar-refractivity contribution in [1.29, 1.82) is 0 Å². The molecule has 4 heteroatoms. The lowest BCUT2D eigenvalue weighted by atomic mass is 10.3. The van der Waals surface area contributed by atoms with Crippen LogP contribution in [0.3, 0.4) is 0 Å². The normalized spacial score (nSPS) is 11.2. The number of hydrogen-bond donors (Lipinski definition) is 1. The van der Waals surface area contributed by atoms with Gasteiger partial charge in [0, 0.05) is 29.4 Å². The number of nitrogens with two attached hydrogens (primary N) is 1. The Morgan fingerprint density at radius 2 is 2.50 bits per heavy atom. The second-order valence-electron chi connectivity index (χ2n) is 2.72. The third-order valence-corrected chi connectivity index (χ3v) is 2.96. The minimum atomic E-state index is 0.699. The van der Waals surface area contributed by atoms with E-state index in [0.29, 0.717) is 6.54 Å². The molecule has 64 valence electrons. The van der Waals surface area contributed by atoms with E-state index >= 15 is 0 Å². The molecule has 0 atom stereocenters. The number of aryl methyl sites for hydroxylation is 1. The lowest BCUT2D eigenvalue weighted by molar-refractivity contribution is 0.899. The Labute approximate surface area is 74.8 Å². The zero-order chi connectivity index (χ0) is 8.55. The first-order valence-corrected chi connectivity index (χ1v) is 4.76. The van der Waals surface area contributed by atoms with Crippen molar-refractivity contribution in [2.75, 3.05) is 6.54 Å². The summed E-state index contributed by atoms with van der Waals surface area (Å²) in [5.41, 5.74) is 6.82. The van der Waals surface area contributed by atoms with Crippen molar-refractivity contribution < 1.29 is 0 Å². The largest absolute Gasteiger partial charge is 0.330 e. The SMILES string of the molecule is Cc1sc2nccn2c1CCN. The maximum absolute atomic E-state index is 5.52. The van der Waals surface area contributed by atoms with E-state index in [9.17, 15) is 0 Å². The average Bonchev–Trinajstić information content (AvgIpc) is 2.56. The van der Waals surface area contributed by atoms with Crippen molar-refractivity contribution in [3.8, 4) is 0 Å². The molecule has 0 aliphatic rings. The molecule has 0 fully saturated rings. The first kappa shape index (κ1) is 7.76. The lowest BCUT2D eigenvalue weighted by Crippen LogP contribution is -2.05. The van der Waals surface area contributed by atoms with Crippen molar-refractivity contribution in [3.05, 3.63) is 23.0 Å². The zero-order valence-electron chi connectivity index (χ0n) is 6.95. The molecule has 2 N–H and O–H groups in total. The van der Waals surface area contributed by atoms with Gasteiger partial charge in [0.05, 0.1) is 0 Å². The van der Waals surface area contributed by atoms with E-state index in [1.807, 2.05) is 12.4 Å². The maximum Gasteiger partial charge on any atom is 0.194 e. The van der Waals surface area contributed by atoms with Crippen LogP contribution in [0.4, 0.5) is 0 Å². The van der Waals surface area contributed by atoms with Crippen molar-refractivity contribution in [2.45, 2.75) is 13.3 Å². The highest BCUT2D eigenvalue weighted by Gasteiger charge is 2.07. The second-order valence-corrected chi connectivity index (χ2v) is 3.91. The Hall–Kier alpha value is -0.870. The summed E-state index contributed by atoms with van der Waals surface area (Å²) < 4.78 is 2.12. The van der Waals surface area contributed by atoms with E-state index < -0.39 is 0 Å². The van der Waals surface area contributed by atoms with Gasteiger partial charge in [0.15, 0.2) is 4.96 Å². The van der Waals surface area contributed by atoms with E-state index in [-0.39, 0.29) is 0 Å². The smallest absolute Gasteiger partial charge is 0.194 e. The van der Waals surface area contributed by atoms with Crippen LogP contribution in [0.25, 0.3) is 4.96 Å². The highest BCUT2D eigenvalue weighted by Crippen LogP contribution is 2.21. The van der Waals surface area contributed by atoms with Crippen LogP contribution < -0.4 is 5.73 Å². The zero-order valence-corrected chi connectivity index (χ0v) is 7.77. The summed E-state index contributed by atoms with van der Waals surface area (Å²) in [7, 11) is 0. The van der Waals surface area contributed by atoms with E-state index in [1.54, 1.807) is 11.3 Å². The van der Waals surface area contributed by atoms with Crippen LogP contribution in [0.2, 0.25) is 0 Å². The summed E-state index contributed by atoms with van der Waals surface area (Å²) >= 11 is 1.72. The Balaban J connectivity index is 2.59. The van der Waals surface area contributed by atoms with Crippen LogP contribution in [-0.4, -0.2) is 15.9 Å². The first-order chi connectivity index (χ1) is 5.83. The molecule has 2 heterocycles. The van der Waals surface area contributed by atoms with Crippen molar-refractivity contribution >= 4 is 16.3 Å². The van der Waals surface area contributed by atoms with Gasteiger partial charge in [0.1, 0.15) is 0 Å². The molecule has 0 amide bonds. The minimum absolute atomic E-state index is 0.699. The highest BCUT2D eigenvalue weighted by molar-refractivity contribution is 7.17. The Morgan fingerprint density at radius 3 is 3.25 bits per heavy atom. The number of nitrogens with zero attached hydrogens (tertiary/aromatic N) is 2. The third-order valence-electron chi connectivity index (χ3n) is 1.93. The predicted molar refractivity (Wildman–Crippen MR) is 50.6 cm³/mol. The molecule has 12 heavy (non-hydrogen) atoms. The van der Waals surface area contributed by atoms with Crippen LogP contribution in [0, 0.1) is 6.92 Å². The molecule has 2 aromatic rings. The quantitative estimate of drug-likeness (QED) is 0.756. The summed E-state index contributed by atoms with van der Waals surface area (Å²) in [5, 5.41) is 0. The topological polar surface area (TPSA) is 43.3 Å². The van der Waals surface area contributed by atoms with Gasteiger partial charge in [-0.3, -0.25) is 4.40 Å². The number of fused-ring (bicyclic) bond motifs is 1. The van der Waals surface area contributed by atoms with Gasteiger partial charge in [-0.05, 0) is 13.5 Å². The summed E-state index contributed by atoms with van der Waals surface area (Å²) in [4.78, 5) is 6.61. The van der Waals surface area contributed by atoms with Crippen LogP contribution in [-0.2, 0) is 6.42 Å². The Bertz CT molecular complexity index is 388. The minimum Gasteiger partial charge on any atom is -0.330 e. The van der Waals surface area contributed by atoms with Crippen LogP contribution in [0.5, 0.6) is 0 Å². The summed E-state index contributed by atoms with van der Waals surface area (Å²) in [5.74, 6) is 0. The Morgan fingerprint density at radius 1 is 1.67 bits per heavy atom. The lowest BCUT2D eigenvalue weighted by Gasteiger charge is -1.96. The van der Waals surface area contributed by atoms with Gasteiger partial charge in [-0.25, -0.2) is 4.98 Å². The van der Waals surface area contributed by atoms with E-state index in [0.717, 1.165) is 11.4 Å². The number of aromatic nitrogens is 2. The molecule has 0 spiro atoms. The number of hydrogen-bond acceptors (Lipinski definition) is 3. The van der Waals surface area contributed by atoms with Gasteiger partial charge in [0.2, 0.25) is 0 Å². The van der Waals surface area contributed by atoms with E-state index in [2.05, 4.69) is 16.3 Å². The monoisotopic (exact) mass is 181 g/mol. The molecule has 2 rings (SSSR count). The number of rotatable bonds is 2. The van der Waals surface area contributed by atoms with Gasteiger partial charge >= 0.3 is 0 Å². The average molecular weight is 181 g/mol. The fourth-order valence-corrected chi connectivity index (χ4v) is 2.34. The molecule has 3 nitrogen and oxygen atoms in total. The molecule has 2 aromatic heterocycles. The third kappa shape index (κ3) is 1.04. The van der Waals surface area contributed by atoms with Gasteiger partial charge in [-0.15, -0.1) is 11.3 Å². The number of imidazole rings is 1. The molecule has 0 unspecified atom stereocenters. The van der Waals surface area contributed by atoms with Gasteiger partial charge in [-0.2, -0.15) is 0 Å². The van der Waals surface area contributed by atoms with Crippen molar-refractivity contribution in [1.82, 2.24) is 9.38 Å². The van der Waals surface area contributed by atoms with Crippen LogP contribution in [0.15, 0.2) is 12.4 Å². The highest BCUT2D eigenvalue weighted by atomic mass is 32.1. The fraction of sp³-hybridized carbons (Fsp3) is 0.375. The molecule has 0 bridgehead atoms. The standard InChI is InChI=1S/C8H11N3S/c1-6-7(2-3-9)11-5-4-10-8(11)12-6/h4-5H,2-3,9H2,1H3. The summed E-state index contributed by atoms with van der Waals surface area (Å²) in [6.07, 6.45) is 4.75. The van der Waals surface area contributed by atoms with Crippen LogP contribution >= 0.6 is 11.3 Å². The molecular formula is C8H11N3S. The Kier molecular flexibility index (Phi) is 1.86. The van der Waals surface area contributed by atoms with Crippen LogP contribution in [0.1, 0.15) is 10.6 Å². The molecule has 0 radical (unpaired) electrons. The van der Waals surface area contributed by atoms with E-state index in [1.165, 1.54) is 10.6 Å². The molecule has 0 saturated heterocycles. The fourth-order valence-electron chi connectivity index (χ4n) is 1.37. The molecular weight excluding hydrogens is 170 g/mol. The van der Waals surface area contributed by atoms with Gasteiger partial charge < -0.3 is 5.73 Å². The molecule has 0 aromatic carbocycles. The second kappa shape index (κ2) is 2.88.